The molecule has 1 N–H and O–H groups in total. The molecule has 0 radical (unpaired) electrons. The molecule has 0 heterocycles. The average molecular weight is 269 g/mol. The zero-order chi connectivity index (χ0) is 14.4. The van der Waals surface area contributed by atoms with Gasteiger partial charge in [-0.1, -0.05) is 48.9 Å². The Bertz CT molecular complexity index is 533. The van der Waals surface area contributed by atoms with Crippen LogP contribution in [0.5, 0.6) is 5.75 Å². The van der Waals surface area contributed by atoms with Crippen LogP contribution >= 0.6 is 0 Å². The first-order valence-corrected chi connectivity index (χ1v) is 7.15. The third-order valence-electron chi connectivity index (χ3n) is 3.56. The molecule has 0 amide bonds. The molecular weight excluding hydrogens is 246 g/mol. The second-order valence-electron chi connectivity index (χ2n) is 5.10. The second-order valence-corrected chi connectivity index (χ2v) is 5.10. The lowest BCUT2D eigenvalue weighted by Gasteiger charge is -2.18. The van der Waals surface area contributed by atoms with Crippen LogP contribution in [0.3, 0.4) is 0 Å². The highest BCUT2D eigenvalue weighted by Gasteiger charge is 2.08. The molecule has 0 aliphatic rings. The van der Waals surface area contributed by atoms with E-state index in [0.29, 0.717) is 6.04 Å². The van der Waals surface area contributed by atoms with E-state index >= 15 is 0 Å². The first-order chi connectivity index (χ1) is 9.72. The molecule has 0 saturated heterocycles. The summed E-state index contributed by atoms with van der Waals surface area (Å²) in [6.45, 7) is 5.23. The average Bonchev–Trinajstić information content (AvgIpc) is 2.48. The van der Waals surface area contributed by atoms with E-state index in [-0.39, 0.29) is 0 Å². The van der Waals surface area contributed by atoms with Crippen molar-refractivity contribution in [1.29, 1.82) is 0 Å². The molecule has 0 bridgehead atoms. The van der Waals surface area contributed by atoms with Gasteiger partial charge in [0.25, 0.3) is 0 Å². The van der Waals surface area contributed by atoms with Crippen molar-refractivity contribution in [2.75, 3.05) is 7.11 Å². The summed E-state index contributed by atoms with van der Waals surface area (Å²) in [6.07, 6.45) is 1.07. The fraction of sp³-hybridized carbons (Fsp3) is 0.333. The van der Waals surface area contributed by atoms with Gasteiger partial charge in [0.2, 0.25) is 0 Å². The summed E-state index contributed by atoms with van der Waals surface area (Å²) in [5, 5.41) is 3.63. The van der Waals surface area contributed by atoms with Crippen LogP contribution in [0.15, 0.2) is 48.5 Å². The van der Waals surface area contributed by atoms with Gasteiger partial charge < -0.3 is 10.1 Å². The Balaban J connectivity index is 2.01. The van der Waals surface area contributed by atoms with Crippen LogP contribution in [-0.4, -0.2) is 7.11 Å². The minimum atomic E-state index is 0.376. The van der Waals surface area contributed by atoms with Crippen LogP contribution in [0.1, 0.15) is 36.1 Å². The molecule has 106 valence electrons. The number of nitrogens with one attached hydrogen (secondary N) is 1. The topological polar surface area (TPSA) is 21.3 Å². The van der Waals surface area contributed by atoms with Crippen molar-refractivity contribution in [2.24, 2.45) is 0 Å². The second kappa shape index (κ2) is 7.11. The quantitative estimate of drug-likeness (QED) is 0.846. The number of hydrogen-bond acceptors (Lipinski definition) is 2. The largest absolute Gasteiger partial charge is 0.497 e. The van der Waals surface area contributed by atoms with Gasteiger partial charge in [0, 0.05) is 12.6 Å². The smallest absolute Gasteiger partial charge is 0.118 e. The van der Waals surface area contributed by atoms with Gasteiger partial charge in [-0.05, 0) is 36.6 Å². The molecule has 1 atom stereocenters. The summed E-state index contributed by atoms with van der Waals surface area (Å²) < 4.78 is 5.20. The zero-order valence-electron chi connectivity index (χ0n) is 12.5. The molecule has 1 unspecified atom stereocenters. The SMILES string of the molecule is CCC(NCc1cccc(C)c1)c1ccc(OC)cc1. The Morgan fingerprint density at radius 2 is 1.85 bits per heavy atom. The lowest BCUT2D eigenvalue weighted by atomic mass is 10.0. The highest BCUT2D eigenvalue weighted by molar-refractivity contribution is 5.29. The number of ether oxygens (including phenoxy) is 1. The molecule has 0 saturated carbocycles. The van der Waals surface area contributed by atoms with Crippen LogP contribution in [0.4, 0.5) is 0 Å². The van der Waals surface area contributed by atoms with Crippen molar-refractivity contribution < 1.29 is 4.74 Å². The summed E-state index contributed by atoms with van der Waals surface area (Å²) in [6, 6.07) is 17.3. The Kier molecular flexibility index (Phi) is 5.19. The van der Waals surface area contributed by atoms with Crippen molar-refractivity contribution in [2.45, 2.75) is 32.9 Å². The van der Waals surface area contributed by atoms with Crippen LogP contribution in [-0.2, 0) is 6.54 Å². The molecule has 0 fully saturated rings. The van der Waals surface area contributed by atoms with E-state index in [1.807, 2.05) is 12.1 Å². The Morgan fingerprint density at radius 1 is 1.10 bits per heavy atom. The maximum atomic E-state index is 5.20. The number of methoxy groups -OCH3 is 1. The monoisotopic (exact) mass is 269 g/mol. The molecule has 2 aromatic carbocycles. The molecule has 2 aromatic rings. The van der Waals surface area contributed by atoms with Gasteiger partial charge in [0.1, 0.15) is 5.75 Å². The summed E-state index contributed by atoms with van der Waals surface area (Å²) in [7, 11) is 1.70. The molecule has 2 nitrogen and oxygen atoms in total. The van der Waals surface area contributed by atoms with Crippen LogP contribution < -0.4 is 10.1 Å². The van der Waals surface area contributed by atoms with Crippen LogP contribution in [0, 0.1) is 6.92 Å². The summed E-state index contributed by atoms with van der Waals surface area (Å²) >= 11 is 0. The lowest BCUT2D eigenvalue weighted by Crippen LogP contribution is -2.20. The van der Waals surface area contributed by atoms with Crippen molar-refractivity contribution in [3.8, 4) is 5.75 Å². The highest BCUT2D eigenvalue weighted by Crippen LogP contribution is 2.20. The van der Waals surface area contributed by atoms with Crippen LogP contribution in [0.2, 0.25) is 0 Å². The van der Waals surface area contributed by atoms with Crippen molar-refractivity contribution in [1.82, 2.24) is 5.32 Å². The van der Waals surface area contributed by atoms with Gasteiger partial charge in [-0.25, -0.2) is 0 Å². The minimum absolute atomic E-state index is 0.376. The number of benzene rings is 2. The van der Waals surface area contributed by atoms with E-state index in [2.05, 4.69) is 55.6 Å². The predicted molar refractivity (Wildman–Crippen MR) is 84.0 cm³/mol. The van der Waals surface area contributed by atoms with Gasteiger partial charge in [-0.3, -0.25) is 0 Å². The Morgan fingerprint density at radius 3 is 2.45 bits per heavy atom. The Labute approximate surface area is 121 Å². The zero-order valence-corrected chi connectivity index (χ0v) is 12.5. The van der Waals surface area contributed by atoms with E-state index < -0.39 is 0 Å². The molecule has 0 spiro atoms. The standard InChI is InChI=1S/C18H23NO/c1-4-18(16-8-10-17(20-3)11-9-16)19-13-15-7-5-6-14(2)12-15/h5-12,18-19H,4,13H2,1-3H3. The molecule has 2 heteroatoms. The molecule has 0 aliphatic carbocycles. The van der Waals surface area contributed by atoms with Crippen molar-refractivity contribution in [3.05, 3.63) is 65.2 Å². The summed E-state index contributed by atoms with van der Waals surface area (Å²) in [4.78, 5) is 0. The molecule has 2 rings (SSSR count). The van der Waals surface area contributed by atoms with E-state index in [9.17, 15) is 0 Å². The number of rotatable bonds is 6. The third-order valence-corrected chi connectivity index (χ3v) is 3.56. The minimum Gasteiger partial charge on any atom is -0.497 e. The van der Waals surface area contributed by atoms with E-state index in [1.54, 1.807) is 7.11 Å². The maximum Gasteiger partial charge on any atom is 0.118 e. The fourth-order valence-corrected chi connectivity index (χ4v) is 2.40. The van der Waals surface area contributed by atoms with Gasteiger partial charge in [0.05, 0.1) is 7.11 Å². The molecule has 0 aromatic heterocycles. The normalized spacial score (nSPS) is 12.2. The molecular formula is C18H23NO. The number of hydrogen-bond donors (Lipinski definition) is 1. The molecule has 0 aliphatic heterocycles. The van der Waals surface area contributed by atoms with E-state index in [4.69, 9.17) is 4.74 Å². The van der Waals surface area contributed by atoms with E-state index in [1.165, 1.54) is 16.7 Å². The van der Waals surface area contributed by atoms with Gasteiger partial charge in [-0.2, -0.15) is 0 Å². The van der Waals surface area contributed by atoms with E-state index in [0.717, 1.165) is 18.7 Å². The summed E-state index contributed by atoms with van der Waals surface area (Å²) in [5.41, 5.74) is 3.94. The number of aryl methyl sites for hydroxylation is 1. The first-order valence-electron chi connectivity index (χ1n) is 7.15. The van der Waals surface area contributed by atoms with Gasteiger partial charge in [0.15, 0.2) is 0 Å². The summed E-state index contributed by atoms with van der Waals surface area (Å²) in [5.74, 6) is 0.905. The lowest BCUT2D eigenvalue weighted by molar-refractivity contribution is 0.414. The maximum absolute atomic E-state index is 5.20. The van der Waals surface area contributed by atoms with Gasteiger partial charge in [-0.15, -0.1) is 0 Å². The predicted octanol–water partition coefficient (Wildman–Crippen LogP) is 4.24. The van der Waals surface area contributed by atoms with Crippen molar-refractivity contribution >= 4 is 0 Å². The fourth-order valence-electron chi connectivity index (χ4n) is 2.40. The van der Waals surface area contributed by atoms with Crippen molar-refractivity contribution in [3.63, 3.8) is 0 Å². The van der Waals surface area contributed by atoms with Gasteiger partial charge >= 0.3 is 0 Å². The Hall–Kier alpha value is -1.80. The van der Waals surface area contributed by atoms with Crippen LogP contribution in [0.25, 0.3) is 0 Å². The third kappa shape index (κ3) is 3.84. The molecule has 20 heavy (non-hydrogen) atoms. The highest BCUT2D eigenvalue weighted by atomic mass is 16.5. The first kappa shape index (κ1) is 14.6.